The van der Waals surface area contributed by atoms with Crippen LogP contribution in [0, 0.1) is 0 Å². The minimum Gasteiger partial charge on any atom is -0.444 e. The van der Waals surface area contributed by atoms with Gasteiger partial charge in [0, 0.05) is 4.88 Å². The molecule has 0 bridgehead atoms. The molecule has 0 aromatic carbocycles. The number of aryl methyl sites for hydroxylation is 1. The Morgan fingerprint density at radius 2 is 1.80 bits per heavy atom. The van der Waals surface area contributed by atoms with Gasteiger partial charge in [-0.2, -0.15) is 0 Å². The number of ether oxygens (including phenoxy) is 1. The summed E-state index contributed by atoms with van der Waals surface area (Å²) in [7, 11) is 0. The Hall–Kier alpha value is -1.60. The highest BCUT2D eigenvalue weighted by Gasteiger charge is 2.30. The Balaban J connectivity index is 2.31. The third kappa shape index (κ3) is 5.19. The van der Waals surface area contributed by atoms with Crippen LogP contribution in [0.3, 0.4) is 0 Å². The molecule has 0 saturated heterocycles. The molecule has 140 valence electrons. The number of aliphatic hydroxyl groups excluding tert-OH is 1. The highest BCUT2D eigenvalue weighted by molar-refractivity contribution is 7.17. The van der Waals surface area contributed by atoms with Crippen molar-refractivity contribution in [1.29, 1.82) is 0 Å². The molecule has 0 saturated carbocycles. The number of hydrogen-bond donors (Lipinski definition) is 3. The standard InChI is InChI=1S/C18H28N2O4S/c1-17(2,3)24-16(23)19-15-13(14(22)20-18(4,5)10-21)11-8-6-7-9-12(11)25-15/h21H,6-10H2,1-5H3,(H,19,23)(H,20,22). The zero-order valence-electron chi connectivity index (χ0n) is 15.6. The van der Waals surface area contributed by atoms with E-state index in [0.29, 0.717) is 10.6 Å². The van der Waals surface area contributed by atoms with E-state index in [9.17, 15) is 14.7 Å². The second kappa shape index (κ2) is 7.33. The largest absolute Gasteiger partial charge is 0.444 e. The van der Waals surface area contributed by atoms with Crippen LogP contribution < -0.4 is 10.6 Å². The first-order valence-corrected chi connectivity index (χ1v) is 9.42. The Kier molecular flexibility index (Phi) is 5.79. The van der Waals surface area contributed by atoms with Crippen molar-refractivity contribution in [2.24, 2.45) is 0 Å². The lowest BCUT2D eigenvalue weighted by atomic mass is 9.94. The summed E-state index contributed by atoms with van der Waals surface area (Å²) >= 11 is 1.44. The minimum absolute atomic E-state index is 0.167. The summed E-state index contributed by atoms with van der Waals surface area (Å²) in [4.78, 5) is 26.1. The second-order valence-corrected chi connectivity index (χ2v) is 9.14. The first-order valence-electron chi connectivity index (χ1n) is 8.60. The fourth-order valence-corrected chi connectivity index (χ4v) is 3.97. The van der Waals surface area contributed by atoms with Gasteiger partial charge in [-0.15, -0.1) is 11.3 Å². The van der Waals surface area contributed by atoms with Crippen LogP contribution in [0.1, 0.15) is 68.3 Å². The summed E-state index contributed by atoms with van der Waals surface area (Å²) in [5, 5.41) is 15.5. The van der Waals surface area contributed by atoms with Crippen LogP contribution in [0.4, 0.5) is 9.80 Å². The first kappa shape index (κ1) is 19.7. The number of aliphatic hydroxyl groups is 1. The fraction of sp³-hybridized carbons (Fsp3) is 0.667. The van der Waals surface area contributed by atoms with Crippen LogP contribution in [0.25, 0.3) is 0 Å². The molecule has 0 radical (unpaired) electrons. The number of fused-ring (bicyclic) bond motifs is 1. The maximum atomic E-state index is 12.8. The van der Waals surface area contributed by atoms with E-state index in [1.54, 1.807) is 34.6 Å². The molecule has 0 unspecified atom stereocenters. The maximum Gasteiger partial charge on any atom is 0.412 e. The highest BCUT2D eigenvalue weighted by atomic mass is 32.1. The van der Waals surface area contributed by atoms with Crippen molar-refractivity contribution in [3.63, 3.8) is 0 Å². The molecular formula is C18H28N2O4S. The normalized spacial score (nSPS) is 14.6. The molecule has 1 heterocycles. The molecule has 0 fully saturated rings. The first-order chi connectivity index (χ1) is 11.5. The molecule has 1 aliphatic rings. The molecule has 1 aromatic heterocycles. The van der Waals surface area contributed by atoms with Crippen molar-refractivity contribution in [3.8, 4) is 0 Å². The van der Waals surface area contributed by atoms with E-state index in [4.69, 9.17) is 4.74 Å². The van der Waals surface area contributed by atoms with Crippen LogP contribution in [-0.2, 0) is 17.6 Å². The predicted molar refractivity (Wildman–Crippen MR) is 99.4 cm³/mol. The molecule has 25 heavy (non-hydrogen) atoms. The van der Waals surface area contributed by atoms with Crippen molar-refractivity contribution >= 4 is 28.3 Å². The van der Waals surface area contributed by atoms with Gasteiger partial charge in [0.2, 0.25) is 0 Å². The Morgan fingerprint density at radius 1 is 1.16 bits per heavy atom. The summed E-state index contributed by atoms with van der Waals surface area (Å²) < 4.78 is 5.32. The number of rotatable bonds is 4. The number of nitrogens with one attached hydrogen (secondary N) is 2. The number of carbonyl (C=O) groups excluding carboxylic acids is 2. The molecule has 0 atom stereocenters. The molecule has 0 aliphatic heterocycles. The number of carbonyl (C=O) groups is 2. The van der Waals surface area contributed by atoms with E-state index in [0.717, 1.165) is 36.1 Å². The third-order valence-electron chi connectivity index (χ3n) is 3.86. The average Bonchev–Trinajstić information content (AvgIpc) is 2.82. The number of hydrogen-bond acceptors (Lipinski definition) is 5. The lowest BCUT2D eigenvalue weighted by Crippen LogP contribution is -2.46. The van der Waals surface area contributed by atoms with Gasteiger partial charge in [-0.3, -0.25) is 10.1 Å². The Bertz CT molecular complexity index is 659. The van der Waals surface area contributed by atoms with Crippen molar-refractivity contribution < 1.29 is 19.4 Å². The van der Waals surface area contributed by atoms with E-state index >= 15 is 0 Å². The summed E-state index contributed by atoms with van der Waals surface area (Å²) in [6.45, 7) is 8.73. The van der Waals surface area contributed by atoms with Crippen LogP contribution >= 0.6 is 11.3 Å². The molecule has 1 aliphatic carbocycles. The molecule has 2 amide bonds. The molecule has 7 heteroatoms. The number of amides is 2. The summed E-state index contributed by atoms with van der Waals surface area (Å²) in [5.74, 6) is -0.274. The van der Waals surface area contributed by atoms with Crippen LogP contribution in [0.15, 0.2) is 0 Å². The Morgan fingerprint density at radius 3 is 2.40 bits per heavy atom. The van der Waals surface area contributed by atoms with E-state index in [1.807, 2.05) is 0 Å². The smallest absolute Gasteiger partial charge is 0.412 e. The topological polar surface area (TPSA) is 87.7 Å². The highest BCUT2D eigenvalue weighted by Crippen LogP contribution is 2.38. The quantitative estimate of drug-likeness (QED) is 0.759. The molecule has 0 spiro atoms. The monoisotopic (exact) mass is 368 g/mol. The third-order valence-corrected chi connectivity index (χ3v) is 5.07. The van der Waals surface area contributed by atoms with Crippen molar-refractivity contribution in [3.05, 3.63) is 16.0 Å². The molecule has 3 N–H and O–H groups in total. The van der Waals surface area contributed by atoms with Gasteiger partial charge in [0.15, 0.2) is 0 Å². The van der Waals surface area contributed by atoms with Gasteiger partial charge in [0.1, 0.15) is 10.6 Å². The summed E-state index contributed by atoms with van der Waals surface area (Å²) in [6, 6.07) is 0. The zero-order valence-corrected chi connectivity index (χ0v) is 16.4. The number of anilines is 1. The van der Waals surface area contributed by atoms with Gasteiger partial charge in [-0.1, -0.05) is 0 Å². The fourth-order valence-electron chi connectivity index (χ4n) is 2.70. The zero-order chi connectivity index (χ0) is 18.8. The van der Waals surface area contributed by atoms with E-state index in [1.165, 1.54) is 11.3 Å². The number of thiophene rings is 1. The lowest BCUT2D eigenvalue weighted by molar-refractivity contribution is 0.0636. The summed E-state index contributed by atoms with van der Waals surface area (Å²) in [6.07, 6.45) is 3.28. The second-order valence-electron chi connectivity index (χ2n) is 8.04. The molecule has 2 rings (SSSR count). The van der Waals surface area contributed by atoms with Gasteiger partial charge in [0.05, 0.1) is 17.7 Å². The van der Waals surface area contributed by atoms with Crippen molar-refractivity contribution in [2.45, 2.75) is 71.4 Å². The van der Waals surface area contributed by atoms with E-state index in [-0.39, 0.29) is 12.5 Å². The predicted octanol–water partition coefficient (Wildman–Crippen LogP) is 3.47. The lowest BCUT2D eigenvalue weighted by Gasteiger charge is -2.24. The SMILES string of the molecule is CC(C)(CO)NC(=O)c1c(NC(=O)OC(C)(C)C)sc2c1CCCC2. The maximum absolute atomic E-state index is 12.8. The van der Waals surface area contributed by atoms with E-state index < -0.39 is 17.2 Å². The van der Waals surface area contributed by atoms with Crippen molar-refractivity contribution in [2.75, 3.05) is 11.9 Å². The van der Waals surface area contributed by atoms with Crippen molar-refractivity contribution in [1.82, 2.24) is 5.32 Å². The van der Waals surface area contributed by atoms with Gasteiger partial charge < -0.3 is 15.2 Å². The van der Waals surface area contributed by atoms with Gasteiger partial charge >= 0.3 is 6.09 Å². The van der Waals surface area contributed by atoms with Crippen LogP contribution in [-0.4, -0.2) is 34.9 Å². The molecule has 6 nitrogen and oxygen atoms in total. The minimum atomic E-state index is -0.732. The van der Waals surface area contributed by atoms with Gasteiger partial charge in [-0.05, 0) is 65.9 Å². The average molecular weight is 368 g/mol. The van der Waals surface area contributed by atoms with Gasteiger partial charge in [0.25, 0.3) is 5.91 Å². The molecule has 1 aromatic rings. The van der Waals surface area contributed by atoms with E-state index in [2.05, 4.69) is 10.6 Å². The molecular weight excluding hydrogens is 340 g/mol. The van der Waals surface area contributed by atoms with Gasteiger partial charge in [-0.25, -0.2) is 4.79 Å². The summed E-state index contributed by atoms with van der Waals surface area (Å²) in [5.41, 5.74) is 0.173. The van der Waals surface area contributed by atoms with Crippen LogP contribution in [0.5, 0.6) is 0 Å². The Labute approximate surface area is 153 Å². The van der Waals surface area contributed by atoms with Crippen LogP contribution in [0.2, 0.25) is 0 Å².